The maximum absolute atomic E-state index is 12.1. The van der Waals surface area contributed by atoms with E-state index in [1.165, 1.54) is 5.56 Å². The molecule has 0 aliphatic carbocycles. The van der Waals surface area contributed by atoms with Crippen molar-refractivity contribution in [3.05, 3.63) is 70.9 Å². The number of amides is 1. The summed E-state index contributed by atoms with van der Waals surface area (Å²) in [5, 5.41) is 0. The number of ether oxygens (including phenoxy) is 1. The second-order valence-electron chi connectivity index (χ2n) is 5.07. The molecular weight excluding hydrogens is 330 g/mol. The van der Waals surface area contributed by atoms with Gasteiger partial charge in [-0.05, 0) is 40.9 Å². The molecule has 1 aliphatic heterocycles. The molecule has 1 atom stereocenters. The zero-order chi connectivity index (χ0) is 15.4. The van der Waals surface area contributed by atoms with Crippen LogP contribution < -0.4 is 0 Å². The minimum absolute atomic E-state index is 0.0419. The standard InChI is InChI=1S/C17H18BrNO2/c1-12(2)9-16(13(3)18)19-15(11-21-17(19)20)10-14-7-5-4-6-8-14/h4-9,15H,1,3,10-11H2,2H3/b16-9+/t15-/m1/s1. The van der Waals surface area contributed by atoms with E-state index in [1.54, 1.807) is 4.90 Å². The topological polar surface area (TPSA) is 29.5 Å². The molecule has 1 amide bonds. The lowest BCUT2D eigenvalue weighted by atomic mass is 10.1. The minimum atomic E-state index is -0.343. The number of cyclic esters (lactones) is 1. The van der Waals surface area contributed by atoms with Gasteiger partial charge in [0.15, 0.2) is 0 Å². The molecule has 1 aliphatic rings. The van der Waals surface area contributed by atoms with Crippen LogP contribution in [-0.2, 0) is 11.2 Å². The SMILES string of the molecule is C=C(C)/C=C(\C(=C)Br)N1C(=O)OC[C@H]1Cc1ccccc1. The summed E-state index contributed by atoms with van der Waals surface area (Å²) in [4.78, 5) is 13.7. The number of allylic oxidation sites excluding steroid dienone is 3. The van der Waals surface area contributed by atoms with E-state index in [0.717, 1.165) is 12.0 Å². The third-order valence-corrected chi connectivity index (χ3v) is 3.60. The molecule has 3 nitrogen and oxygen atoms in total. The van der Waals surface area contributed by atoms with Crippen molar-refractivity contribution in [3.63, 3.8) is 0 Å². The predicted octanol–water partition coefficient (Wildman–Crippen LogP) is 4.42. The Morgan fingerprint density at radius 3 is 2.67 bits per heavy atom. The van der Waals surface area contributed by atoms with Gasteiger partial charge in [-0.2, -0.15) is 0 Å². The van der Waals surface area contributed by atoms with Crippen molar-refractivity contribution in [1.29, 1.82) is 0 Å². The highest BCUT2D eigenvalue weighted by molar-refractivity contribution is 9.11. The van der Waals surface area contributed by atoms with Gasteiger partial charge in [0, 0.05) is 4.48 Å². The normalized spacial score (nSPS) is 18.6. The largest absolute Gasteiger partial charge is 0.447 e. The number of carbonyl (C=O) groups excluding carboxylic acids is 1. The number of hydrogen-bond acceptors (Lipinski definition) is 2. The van der Waals surface area contributed by atoms with E-state index in [2.05, 4.69) is 29.1 Å². The van der Waals surface area contributed by atoms with E-state index in [-0.39, 0.29) is 12.1 Å². The highest BCUT2D eigenvalue weighted by Crippen LogP contribution is 2.29. The molecule has 1 heterocycles. The summed E-state index contributed by atoms with van der Waals surface area (Å²) in [6.07, 6.45) is 2.23. The number of rotatable bonds is 5. The van der Waals surface area contributed by atoms with Crippen LogP contribution in [-0.4, -0.2) is 23.6 Å². The lowest BCUT2D eigenvalue weighted by Crippen LogP contribution is -2.34. The maximum atomic E-state index is 12.1. The molecule has 4 heteroatoms. The van der Waals surface area contributed by atoms with E-state index in [1.807, 2.05) is 43.3 Å². The first-order valence-electron chi connectivity index (χ1n) is 6.71. The quantitative estimate of drug-likeness (QED) is 0.738. The first-order chi connectivity index (χ1) is 9.99. The first-order valence-corrected chi connectivity index (χ1v) is 7.50. The molecule has 0 spiro atoms. The molecule has 0 N–H and O–H groups in total. The van der Waals surface area contributed by atoms with Crippen LogP contribution in [0.25, 0.3) is 0 Å². The molecule has 0 unspecified atom stereocenters. The Hall–Kier alpha value is -1.81. The van der Waals surface area contributed by atoms with Crippen LogP contribution in [0.3, 0.4) is 0 Å². The van der Waals surface area contributed by atoms with Crippen LogP contribution in [0.2, 0.25) is 0 Å². The molecular formula is C17H18BrNO2. The Labute approximate surface area is 133 Å². The average Bonchev–Trinajstić information content (AvgIpc) is 2.78. The van der Waals surface area contributed by atoms with Gasteiger partial charge in [0.2, 0.25) is 0 Å². The van der Waals surface area contributed by atoms with Crippen LogP contribution in [0.5, 0.6) is 0 Å². The van der Waals surface area contributed by atoms with Crippen molar-refractivity contribution < 1.29 is 9.53 Å². The molecule has 1 aromatic rings. The van der Waals surface area contributed by atoms with E-state index >= 15 is 0 Å². The molecule has 0 aromatic heterocycles. The van der Waals surface area contributed by atoms with Gasteiger partial charge < -0.3 is 4.74 Å². The van der Waals surface area contributed by atoms with Crippen molar-refractivity contribution in [2.75, 3.05) is 6.61 Å². The summed E-state index contributed by atoms with van der Waals surface area (Å²) in [6, 6.07) is 10.0. The Morgan fingerprint density at radius 1 is 1.43 bits per heavy atom. The summed E-state index contributed by atoms with van der Waals surface area (Å²) in [7, 11) is 0. The van der Waals surface area contributed by atoms with Gasteiger partial charge in [0.1, 0.15) is 6.61 Å². The van der Waals surface area contributed by atoms with E-state index in [9.17, 15) is 4.79 Å². The van der Waals surface area contributed by atoms with Crippen molar-refractivity contribution >= 4 is 22.0 Å². The highest BCUT2D eigenvalue weighted by atomic mass is 79.9. The average molecular weight is 348 g/mol. The van der Waals surface area contributed by atoms with Crippen molar-refractivity contribution in [3.8, 4) is 0 Å². The Morgan fingerprint density at radius 2 is 2.10 bits per heavy atom. The summed E-state index contributed by atoms with van der Waals surface area (Å²) in [6.45, 7) is 10.0. The summed E-state index contributed by atoms with van der Waals surface area (Å²) >= 11 is 3.37. The van der Waals surface area contributed by atoms with Gasteiger partial charge in [0.05, 0.1) is 11.7 Å². The Balaban J connectivity index is 2.27. The summed E-state index contributed by atoms with van der Waals surface area (Å²) in [5.41, 5.74) is 2.72. The number of halogens is 1. The molecule has 1 saturated heterocycles. The van der Waals surface area contributed by atoms with Gasteiger partial charge in [0.25, 0.3) is 0 Å². The van der Waals surface area contributed by atoms with Crippen LogP contribution in [0.1, 0.15) is 12.5 Å². The predicted molar refractivity (Wildman–Crippen MR) is 88.1 cm³/mol. The van der Waals surface area contributed by atoms with Gasteiger partial charge in [-0.25, -0.2) is 4.79 Å². The highest BCUT2D eigenvalue weighted by Gasteiger charge is 2.35. The van der Waals surface area contributed by atoms with Crippen molar-refractivity contribution in [2.45, 2.75) is 19.4 Å². The fraction of sp³-hybridized carbons (Fsp3) is 0.235. The molecule has 110 valence electrons. The molecule has 0 bridgehead atoms. The van der Waals surface area contributed by atoms with Crippen molar-refractivity contribution in [1.82, 2.24) is 4.90 Å². The zero-order valence-electron chi connectivity index (χ0n) is 12.0. The van der Waals surface area contributed by atoms with Gasteiger partial charge in [-0.3, -0.25) is 4.90 Å². The number of hydrogen-bond donors (Lipinski definition) is 0. The van der Waals surface area contributed by atoms with Crippen molar-refractivity contribution in [2.24, 2.45) is 0 Å². The molecule has 21 heavy (non-hydrogen) atoms. The second kappa shape index (κ2) is 6.76. The number of carbonyl (C=O) groups is 1. The van der Waals surface area contributed by atoms with Crippen LogP contribution in [0.4, 0.5) is 4.79 Å². The number of nitrogens with zero attached hydrogens (tertiary/aromatic N) is 1. The first kappa shape index (κ1) is 15.6. The summed E-state index contributed by atoms with van der Waals surface area (Å²) < 4.78 is 5.86. The van der Waals surface area contributed by atoms with Crippen LogP contribution in [0, 0.1) is 0 Å². The molecule has 0 saturated carbocycles. The lowest BCUT2D eigenvalue weighted by molar-refractivity contribution is 0.165. The Bertz CT molecular complexity index is 592. The fourth-order valence-electron chi connectivity index (χ4n) is 2.30. The van der Waals surface area contributed by atoms with E-state index in [4.69, 9.17) is 4.74 Å². The zero-order valence-corrected chi connectivity index (χ0v) is 13.6. The van der Waals surface area contributed by atoms with E-state index < -0.39 is 0 Å². The minimum Gasteiger partial charge on any atom is -0.447 e. The van der Waals surface area contributed by atoms with Gasteiger partial charge in [-0.1, -0.05) is 49.1 Å². The van der Waals surface area contributed by atoms with Gasteiger partial charge in [-0.15, -0.1) is 0 Å². The fourth-order valence-corrected chi connectivity index (χ4v) is 2.61. The molecule has 1 fully saturated rings. The van der Waals surface area contributed by atoms with Gasteiger partial charge >= 0.3 is 6.09 Å². The number of benzene rings is 1. The third kappa shape index (κ3) is 3.85. The monoisotopic (exact) mass is 347 g/mol. The third-order valence-electron chi connectivity index (χ3n) is 3.20. The second-order valence-corrected chi connectivity index (χ2v) is 6.03. The van der Waals surface area contributed by atoms with E-state index in [0.29, 0.717) is 16.8 Å². The Kier molecular flexibility index (Phi) is 5.02. The van der Waals surface area contributed by atoms with Crippen LogP contribution >= 0.6 is 15.9 Å². The molecule has 0 radical (unpaired) electrons. The molecule has 2 rings (SSSR count). The maximum Gasteiger partial charge on any atom is 0.414 e. The smallest absolute Gasteiger partial charge is 0.414 e. The lowest BCUT2D eigenvalue weighted by Gasteiger charge is -2.24. The molecule has 1 aromatic carbocycles. The summed E-state index contributed by atoms with van der Waals surface area (Å²) in [5.74, 6) is 0. The van der Waals surface area contributed by atoms with Crippen LogP contribution in [0.15, 0.2) is 65.3 Å².